The van der Waals surface area contributed by atoms with Crippen LogP contribution in [0.25, 0.3) is 83.3 Å². The van der Waals surface area contributed by atoms with Gasteiger partial charge in [0.05, 0.1) is 33.1 Å². The van der Waals surface area contributed by atoms with Crippen LogP contribution in [0.15, 0.2) is 133 Å². The van der Waals surface area contributed by atoms with E-state index < -0.39 is 0 Å². The number of rotatable bonds is 3. The van der Waals surface area contributed by atoms with Crippen molar-refractivity contribution in [1.29, 1.82) is 0 Å². The summed E-state index contributed by atoms with van der Waals surface area (Å²) in [6, 6.07) is 47.8. The van der Waals surface area contributed by atoms with Crippen molar-refractivity contribution >= 4 is 65.4 Å². The van der Waals surface area contributed by atoms with Crippen LogP contribution in [-0.4, -0.2) is 28.7 Å². The third-order valence-electron chi connectivity index (χ3n) is 10.9. The first-order valence-electron chi connectivity index (χ1n) is 18.4. The fourth-order valence-corrected chi connectivity index (χ4v) is 8.09. The molecule has 0 atom stereocenters. The van der Waals surface area contributed by atoms with Crippen LogP contribution in [-0.2, 0) is 10.8 Å². The van der Waals surface area contributed by atoms with Gasteiger partial charge in [0.15, 0.2) is 0 Å². The number of aromatic nitrogens is 6. The summed E-state index contributed by atoms with van der Waals surface area (Å²) in [5, 5.41) is 7.01. The van der Waals surface area contributed by atoms with E-state index in [1.165, 1.54) is 21.9 Å². The number of benzene rings is 6. The van der Waals surface area contributed by atoms with Gasteiger partial charge in [-0.15, -0.1) is 0 Å². The van der Waals surface area contributed by atoms with Crippen LogP contribution in [0.2, 0.25) is 0 Å². The van der Waals surface area contributed by atoms with Crippen molar-refractivity contribution in [1.82, 2.24) is 28.7 Å². The van der Waals surface area contributed by atoms with Gasteiger partial charge in [-0.1, -0.05) is 126 Å². The SMILES string of the molecule is CC(C)(C)c1ccc2c(c1)c1cc(C(C)(C)C)ccc1n2-c1nc(-n2c3ccccc3c3ccccc32)nc(-n2c3ccccc3c3ccccc32)n1. The summed E-state index contributed by atoms with van der Waals surface area (Å²) in [6.07, 6.45) is 0. The Kier molecular flexibility index (Phi) is 6.60. The third kappa shape index (κ3) is 4.75. The van der Waals surface area contributed by atoms with E-state index in [0.29, 0.717) is 17.8 Å². The molecule has 4 aromatic heterocycles. The Bertz CT molecular complexity index is 2780. The number of nitrogens with zero attached hydrogens (tertiary/aromatic N) is 6. The van der Waals surface area contributed by atoms with E-state index >= 15 is 0 Å². The van der Waals surface area contributed by atoms with Crippen LogP contribution in [0.4, 0.5) is 0 Å². The molecular formula is C47H40N6. The Labute approximate surface area is 308 Å². The predicted octanol–water partition coefficient (Wildman–Crippen LogP) is 11.8. The molecule has 258 valence electrons. The van der Waals surface area contributed by atoms with Gasteiger partial charge in [0.2, 0.25) is 17.8 Å². The van der Waals surface area contributed by atoms with Crippen molar-refractivity contribution in [2.24, 2.45) is 0 Å². The molecule has 4 heterocycles. The largest absolute Gasteiger partial charge is 0.278 e. The molecule has 0 radical (unpaired) electrons. The molecule has 10 aromatic rings. The Hall–Kier alpha value is -6.27. The van der Waals surface area contributed by atoms with Gasteiger partial charge in [0, 0.05) is 32.3 Å². The fourth-order valence-electron chi connectivity index (χ4n) is 8.09. The first-order chi connectivity index (χ1) is 25.6. The van der Waals surface area contributed by atoms with E-state index in [2.05, 4.69) is 189 Å². The highest BCUT2D eigenvalue weighted by atomic mass is 15.3. The number of hydrogen-bond acceptors (Lipinski definition) is 3. The molecule has 0 aliphatic carbocycles. The van der Waals surface area contributed by atoms with Gasteiger partial charge in [-0.2, -0.15) is 15.0 Å². The smallest absolute Gasteiger partial charge is 0.241 e. The van der Waals surface area contributed by atoms with Gasteiger partial charge in [-0.3, -0.25) is 13.7 Å². The zero-order chi connectivity index (χ0) is 36.2. The molecule has 6 nitrogen and oxygen atoms in total. The lowest BCUT2D eigenvalue weighted by molar-refractivity contribution is 0.590. The minimum absolute atomic E-state index is 0.00910. The minimum Gasteiger partial charge on any atom is -0.278 e. The lowest BCUT2D eigenvalue weighted by Crippen LogP contribution is -2.13. The van der Waals surface area contributed by atoms with Gasteiger partial charge >= 0.3 is 0 Å². The van der Waals surface area contributed by atoms with Crippen LogP contribution in [0.5, 0.6) is 0 Å². The molecule has 0 fully saturated rings. The molecular weight excluding hydrogens is 649 g/mol. The molecule has 53 heavy (non-hydrogen) atoms. The fraction of sp³-hybridized carbons (Fsp3) is 0.170. The van der Waals surface area contributed by atoms with Crippen LogP contribution in [0, 0.1) is 0 Å². The molecule has 0 spiro atoms. The predicted molar refractivity (Wildman–Crippen MR) is 220 cm³/mol. The highest BCUT2D eigenvalue weighted by molar-refractivity contribution is 6.11. The molecule has 0 N–H and O–H groups in total. The molecule has 0 aliphatic rings. The van der Waals surface area contributed by atoms with E-state index in [0.717, 1.165) is 54.6 Å². The van der Waals surface area contributed by atoms with Crippen molar-refractivity contribution in [3.05, 3.63) is 145 Å². The van der Waals surface area contributed by atoms with Crippen LogP contribution < -0.4 is 0 Å². The van der Waals surface area contributed by atoms with Crippen LogP contribution in [0.1, 0.15) is 52.7 Å². The summed E-state index contributed by atoms with van der Waals surface area (Å²) >= 11 is 0. The first-order valence-corrected chi connectivity index (χ1v) is 18.4. The summed E-state index contributed by atoms with van der Waals surface area (Å²) in [6.45, 7) is 13.6. The minimum atomic E-state index is -0.00910. The maximum atomic E-state index is 5.42. The van der Waals surface area contributed by atoms with Gasteiger partial charge in [0.25, 0.3) is 0 Å². The Balaban J connectivity index is 1.36. The lowest BCUT2D eigenvalue weighted by Gasteiger charge is -2.19. The van der Waals surface area contributed by atoms with Crippen molar-refractivity contribution in [2.45, 2.75) is 52.4 Å². The van der Waals surface area contributed by atoms with Crippen LogP contribution >= 0.6 is 0 Å². The molecule has 0 unspecified atom stereocenters. The second-order valence-corrected chi connectivity index (χ2v) is 16.3. The molecule has 6 aromatic carbocycles. The summed E-state index contributed by atoms with van der Waals surface area (Å²) in [4.78, 5) is 16.2. The average molecular weight is 689 g/mol. The summed E-state index contributed by atoms with van der Waals surface area (Å²) < 4.78 is 6.62. The van der Waals surface area contributed by atoms with E-state index in [1.54, 1.807) is 0 Å². The van der Waals surface area contributed by atoms with Gasteiger partial charge < -0.3 is 0 Å². The average Bonchev–Trinajstić information content (AvgIpc) is 3.79. The topological polar surface area (TPSA) is 53.5 Å². The van der Waals surface area contributed by atoms with E-state index in [9.17, 15) is 0 Å². The van der Waals surface area contributed by atoms with Gasteiger partial charge in [0.1, 0.15) is 0 Å². The first kappa shape index (κ1) is 31.5. The quantitative estimate of drug-likeness (QED) is 0.186. The molecule has 10 rings (SSSR count). The maximum absolute atomic E-state index is 5.42. The van der Waals surface area contributed by atoms with E-state index in [4.69, 9.17) is 15.0 Å². The Morgan fingerprint density at radius 2 is 0.585 bits per heavy atom. The monoisotopic (exact) mass is 688 g/mol. The highest BCUT2D eigenvalue weighted by Crippen LogP contribution is 2.39. The number of para-hydroxylation sites is 4. The van der Waals surface area contributed by atoms with Crippen LogP contribution in [0.3, 0.4) is 0 Å². The highest BCUT2D eigenvalue weighted by Gasteiger charge is 2.25. The van der Waals surface area contributed by atoms with E-state index in [1.807, 2.05) is 0 Å². The second-order valence-electron chi connectivity index (χ2n) is 16.3. The molecule has 0 bridgehead atoms. The zero-order valence-electron chi connectivity index (χ0n) is 30.9. The molecule has 0 saturated heterocycles. The van der Waals surface area contributed by atoms with E-state index in [-0.39, 0.29) is 10.8 Å². The molecule has 0 aliphatic heterocycles. The molecule has 0 saturated carbocycles. The lowest BCUT2D eigenvalue weighted by atomic mass is 9.85. The maximum Gasteiger partial charge on any atom is 0.241 e. The van der Waals surface area contributed by atoms with Gasteiger partial charge in [-0.05, 0) is 70.5 Å². The zero-order valence-corrected chi connectivity index (χ0v) is 30.9. The normalized spacial score (nSPS) is 12.7. The Morgan fingerprint density at radius 3 is 0.868 bits per heavy atom. The number of fused-ring (bicyclic) bond motifs is 9. The summed E-state index contributed by atoms with van der Waals surface area (Å²) in [5.41, 5.74) is 8.87. The third-order valence-corrected chi connectivity index (χ3v) is 10.9. The van der Waals surface area contributed by atoms with Crippen molar-refractivity contribution in [2.75, 3.05) is 0 Å². The van der Waals surface area contributed by atoms with Crippen molar-refractivity contribution in [3.63, 3.8) is 0 Å². The summed E-state index contributed by atoms with van der Waals surface area (Å²) in [5.74, 6) is 1.70. The standard InChI is InChI=1S/C47H40N6/c1-46(2,3)29-23-25-41-35(27-29)36-28-30(47(4,5)6)24-26-42(36)53(41)45-49-43(51-37-19-11-7-15-31(37)32-16-8-12-20-38(32)51)48-44(50-45)52-39-21-13-9-17-33(39)34-18-10-14-22-40(34)52/h7-28H,1-6H3. The molecule has 0 amide bonds. The second kappa shape index (κ2) is 11.1. The van der Waals surface area contributed by atoms with Crippen molar-refractivity contribution in [3.8, 4) is 17.8 Å². The Morgan fingerprint density at radius 1 is 0.321 bits per heavy atom. The number of hydrogen-bond donors (Lipinski definition) is 0. The van der Waals surface area contributed by atoms with Gasteiger partial charge in [-0.25, -0.2) is 0 Å². The molecule has 6 heteroatoms. The van der Waals surface area contributed by atoms with Crippen molar-refractivity contribution < 1.29 is 0 Å². The summed E-state index contributed by atoms with van der Waals surface area (Å²) in [7, 11) is 0.